The molecule has 2 N–H and O–H groups in total. The van der Waals surface area contributed by atoms with Crippen molar-refractivity contribution < 1.29 is 24.1 Å². The largest absolute Gasteiger partial charge is 0.489 e. The lowest BCUT2D eigenvalue weighted by atomic mass is 10.0. The first-order valence-corrected chi connectivity index (χ1v) is 10.6. The molecule has 3 aromatic carbocycles. The van der Waals surface area contributed by atoms with Gasteiger partial charge in [0.15, 0.2) is 0 Å². The van der Waals surface area contributed by atoms with Crippen LogP contribution in [0.5, 0.6) is 5.75 Å². The second kappa shape index (κ2) is 9.75. The molecule has 4 aromatic rings. The molecule has 0 bridgehead atoms. The van der Waals surface area contributed by atoms with Crippen molar-refractivity contribution in [2.75, 3.05) is 13.6 Å². The number of aromatic nitrogens is 1. The molecule has 0 radical (unpaired) electrons. The Kier molecular flexibility index (Phi) is 6.60. The first kappa shape index (κ1) is 22.4. The zero-order chi connectivity index (χ0) is 23.4. The Morgan fingerprint density at radius 1 is 1.06 bits per heavy atom. The fourth-order valence-electron chi connectivity index (χ4n) is 3.90. The summed E-state index contributed by atoms with van der Waals surface area (Å²) < 4.78 is 20.9. The Morgan fingerprint density at radius 2 is 1.79 bits per heavy atom. The standard InChI is InChI=1S/C26H25FN2O4/c1-28(26(31)32)16-24(30)25(19-5-3-2-4-6-19)29-14-13-20-15-22(11-12-23(20)29)33-17-18-7-9-21(27)10-8-18/h2-15,24-25,30H,16-17H2,1H3,(H,31,32)/t24-,25+/m1/s1. The third-order valence-electron chi connectivity index (χ3n) is 5.60. The Labute approximate surface area is 191 Å². The molecule has 0 aliphatic heterocycles. The van der Waals surface area contributed by atoms with Crippen LogP contribution >= 0.6 is 0 Å². The summed E-state index contributed by atoms with van der Waals surface area (Å²) in [5.41, 5.74) is 2.62. The summed E-state index contributed by atoms with van der Waals surface area (Å²) in [4.78, 5) is 12.4. The van der Waals surface area contributed by atoms with E-state index in [0.717, 1.165) is 26.9 Å². The van der Waals surface area contributed by atoms with Gasteiger partial charge in [-0.3, -0.25) is 0 Å². The van der Waals surface area contributed by atoms with Crippen LogP contribution in [0.2, 0.25) is 0 Å². The Bertz CT molecular complexity index is 1220. The predicted molar refractivity (Wildman–Crippen MR) is 124 cm³/mol. The number of hydrogen-bond donors (Lipinski definition) is 2. The Hall–Kier alpha value is -3.84. The molecule has 0 aliphatic rings. The average molecular weight is 448 g/mol. The number of carbonyl (C=O) groups is 1. The lowest BCUT2D eigenvalue weighted by Crippen LogP contribution is -2.38. The summed E-state index contributed by atoms with van der Waals surface area (Å²) in [7, 11) is 1.44. The van der Waals surface area contributed by atoms with Crippen LogP contribution < -0.4 is 4.74 Å². The van der Waals surface area contributed by atoms with Gasteiger partial charge < -0.3 is 24.4 Å². The highest BCUT2D eigenvalue weighted by Gasteiger charge is 2.26. The van der Waals surface area contributed by atoms with Crippen molar-refractivity contribution in [3.63, 3.8) is 0 Å². The van der Waals surface area contributed by atoms with Crippen molar-refractivity contribution in [1.29, 1.82) is 0 Å². The summed E-state index contributed by atoms with van der Waals surface area (Å²) >= 11 is 0. The Morgan fingerprint density at radius 3 is 2.48 bits per heavy atom. The van der Waals surface area contributed by atoms with E-state index < -0.39 is 18.2 Å². The van der Waals surface area contributed by atoms with Crippen molar-refractivity contribution in [2.45, 2.75) is 18.8 Å². The molecule has 1 aromatic heterocycles. The van der Waals surface area contributed by atoms with Crippen molar-refractivity contribution in [3.8, 4) is 5.75 Å². The third kappa shape index (κ3) is 5.15. The van der Waals surface area contributed by atoms with Crippen LogP contribution in [0.1, 0.15) is 17.2 Å². The summed E-state index contributed by atoms with van der Waals surface area (Å²) in [5.74, 6) is 0.387. The molecule has 0 spiro atoms. The topological polar surface area (TPSA) is 74.9 Å². The summed E-state index contributed by atoms with van der Waals surface area (Å²) in [6, 6.07) is 22.8. The lowest BCUT2D eigenvalue weighted by Gasteiger charge is -2.28. The monoisotopic (exact) mass is 448 g/mol. The maximum absolute atomic E-state index is 13.1. The number of fused-ring (bicyclic) bond motifs is 1. The van der Waals surface area contributed by atoms with Crippen molar-refractivity contribution in [3.05, 3.63) is 102 Å². The van der Waals surface area contributed by atoms with E-state index in [2.05, 4.69) is 0 Å². The molecule has 0 aliphatic carbocycles. The van der Waals surface area contributed by atoms with E-state index in [9.17, 15) is 19.4 Å². The van der Waals surface area contributed by atoms with Gasteiger partial charge in [0.05, 0.1) is 18.7 Å². The van der Waals surface area contributed by atoms with Gasteiger partial charge in [0.2, 0.25) is 0 Å². The molecule has 4 rings (SSSR count). The number of aliphatic hydroxyl groups is 1. The normalized spacial score (nSPS) is 12.9. The van der Waals surface area contributed by atoms with Gasteiger partial charge in [-0.25, -0.2) is 9.18 Å². The number of aliphatic hydroxyl groups excluding tert-OH is 1. The van der Waals surface area contributed by atoms with E-state index >= 15 is 0 Å². The molecular formula is C26H25FN2O4. The maximum atomic E-state index is 13.1. The van der Waals surface area contributed by atoms with Gasteiger partial charge >= 0.3 is 6.09 Å². The Balaban J connectivity index is 1.61. The third-order valence-corrected chi connectivity index (χ3v) is 5.60. The van der Waals surface area contributed by atoms with Gasteiger partial charge in [0, 0.05) is 24.1 Å². The molecule has 0 saturated carbocycles. The number of carboxylic acid groups (broad SMARTS) is 1. The van der Waals surface area contributed by atoms with E-state index in [4.69, 9.17) is 4.74 Å². The highest BCUT2D eigenvalue weighted by molar-refractivity contribution is 5.82. The van der Waals surface area contributed by atoms with Crippen molar-refractivity contribution >= 4 is 17.0 Å². The fourth-order valence-corrected chi connectivity index (χ4v) is 3.90. The van der Waals surface area contributed by atoms with Gasteiger partial charge in [0.1, 0.15) is 18.2 Å². The average Bonchev–Trinajstić information content (AvgIpc) is 3.22. The summed E-state index contributed by atoms with van der Waals surface area (Å²) in [6.45, 7) is 0.285. The molecule has 170 valence electrons. The van der Waals surface area contributed by atoms with Crippen LogP contribution in [-0.2, 0) is 6.61 Å². The number of hydrogen-bond acceptors (Lipinski definition) is 3. The summed E-state index contributed by atoms with van der Waals surface area (Å²) in [5, 5.41) is 21.2. The lowest BCUT2D eigenvalue weighted by molar-refractivity contribution is 0.0850. The van der Waals surface area contributed by atoms with E-state index in [1.807, 2.05) is 65.4 Å². The van der Waals surface area contributed by atoms with Gasteiger partial charge in [-0.05, 0) is 47.5 Å². The minimum Gasteiger partial charge on any atom is -0.489 e. The maximum Gasteiger partial charge on any atom is 0.407 e. The van der Waals surface area contributed by atoms with Crippen molar-refractivity contribution in [1.82, 2.24) is 9.47 Å². The number of nitrogens with zero attached hydrogens (tertiary/aromatic N) is 2. The number of benzene rings is 3. The van der Waals surface area contributed by atoms with Crippen LogP contribution in [0, 0.1) is 5.82 Å². The zero-order valence-electron chi connectivity index (χ0n) is 18.1. The van der Waals surface area contributed by atoms with Gasteiger partial charge in [-0.1, -0.05) is 42.5 Å². The van der Waals surface area contributed by atoms with Crippen LogP contribution in [0.25, 0.3) is 10.9 Å². The van der Waals surface area contributed by atoms with Gasteiger partial charge in [0.25, 0.3) is 0 Å². The molecule has 0 unspecified atom stereocenters. The highest BCUT2D eigenvalue weighted by Crippen LogP contribution is 2.30. The fraction of sp³-hybridized carbons (Fsp3) is 0.192. The first-order valence-electron chi connectivity index (χ1n) is 10.6. The first-order chi connectivity index (χ1) is 15.9. The molecule has 2 atom stereocenters. The van der Waals surface area contributed by atoms with Gasteiger partial charge in [-0.2, -0.15) is 0 Å². The van der Waals surface area contributed by atoms with Crippen LogP contribution in [0.3, 0.4) is 0 Å². The molecule has 7 heteroatoms. The number of rotatable bonds is 8. The smallest absolute Gasteiger partial charge is 0.407 e. The van der Waals surface area contributed by atoms with E-state index in [-0.39, 0.29) is 12.4 Å². The minimum atomic E-state index is -1.10. The number of amides is 1. The van der Waals surface area contributed by atoms with Gasteiger partial charge in [-0.15, -0.1) is 0 Å². The molecule has 0 saturated heterocycles. The molecule has 6 nitrogen and oxygen atoms in total. The highest BCUT2D eigenvalue weighted by atomic mass is 19.1. The molecule has 0 fully saturated rings. The van der Waals surface area contributed by atoms with Crippen LogP contribution in [0.4, 0.5) is 9.18 Å². The van der Waals surface area contributed by atoms with Crippen LogP contribution in [0.15, 0.2) is 85.1 Å². The SMILES string of the molecule is CN(C[C@@H](O)[C@H](c1ccccc1)n1ccc2cc(OCc3ccc(F)cc3)ccc21)C(=O)O. The van der Waals surface area contributed by atoms with Crippen LogP contribution in [-0.4, -0.2) is 45.5 Å². The second-order valence-corrected chi connectivity index (χ2v) is 7.94. The number of likely N-dealkylation sites (N-methyl/N-ethyl adjacent to an activating group) is 1. The van der Waals surface area contributed by atoms with E-state index in [1.165, 1.54) is 19.2 Å². The second-order valence-electron chi connectivity index (χ2n) is 7.94. The quantitative estimate of drug-likeness (QED) is 0.401. The van der Waals surface area contributed by atoms with E-state index in [0.29, 0.717) is 12.4 Å². The molecular weight excluding hydrogens is 423 g/mol. The van der Waals surface area contributed by atoms with E-state index in [1.54, 1.807) is 12.1 Å². The zero-order valence-corrected chi connectivity index (χ0v) is 18.1. The molecule has 1 amide bonds. The number of ether oxygens (including phenoxy) is 1. The summed E-state index contributed by atoms with van der Waals surface area (Å²) in [6.07, 6.45) is -0.171. The minimum absolute atomic E-state index is 0.0343. The molecule has 33 heavy (non-hydrogen) atoms. The molecule has 1 heterocycles. The number of halogens is 1. The van der Waals surface area contributed by atoms with Crippen molar-refractivity contribution in [2.24, 2.45) is 0 Å². The predicted octanol–water partition coefficient (Wildman–Crippen LogP) is 4.92.